The number of aliphatic carboxylic acids is 1. The van der Waals surface area contributed by atoms with Crippen LogP contribution in [0, 0.1) is 0 Å². The van der Waals surface area contributed by atoms with Crippen molar-refractivity contribution in [3.63, 3.8) is 0 Å². The van der Waals surface area contributed by atoms with E-state index < -0.39 is 5.97 Å². The second-order valence-electron chi connectivity index (χ2n) is 13.8. The van der Waals surface area contributed by atoms with Gasteiger partial charge in [0.15, 0.2) is 0 Å². The minimum atomic E-state index is -0.667. The largest absolute Gasteiger partial charge is 0.481 e. The van der Waals surface area contributed by atoms with Crippen LogP contribution in [0.1, 0.15) is 200 Å². The van der Waals surface area contributed by atoms with Crippen LogP contribution in [0.4, 0.5) is 0 Å². The van der Waals surface area contributed by atoms with Crippen molar-refractivity contribution in [1.29, 1.82) is 0 Å². The normalized spacial score (nSPS) is 13.0. The van der Waals surface area contributed by atoms with Gasteiger partial charge in [0.05, 0.1) is 0 Å². The zero-order valence-corrected chi connectivity index (χ0v) is 32.7. The van der Waals surface area contributed by atoms with Crippen LogP contribution in [0.25, 0.3) is 0 Å². The van der Waals surface area contributed by atoms with Gasteiger partial charge in [0.25, 0.3) is 0 Å². The molecule has 0 amide bonds. The van der Waals surface area contributed by atoms with Crippen molar-refractivity contribution in [3.05, 3.63) is 72.9 Å². The molecule has 286 valence electrons. The smallest absolute Gasteiger partial charge is 0.306 e. The highest BCUT2D eigenvalue weighted by molar-refractivity contribution is 5.69. The predicted molar refractivity (Wildman–Crippen MR) is 218 cm³/mol. The van der Waals surface area contributed by atoms with Crippen LogP contribution in [0.2, 0.25) is 0 Å². The molecule has 0 saturated heterocycles. The summed E-state index contributed by atoms with van der Waals surface area (Å²) in [4.78, 5) is 22.8. The van der Waals surface area contributed by atoms with Crippen LogP contribution in [0.3, 0.4) is 0 Å². The van der Waals surface area contributed by atoms with Gasteiger partial charge < -0.3 is 9.84 Å². The molecule has 0 heterocycles. The molecule has 50 heavy (non-hydrogen) atoms. The number of carboxylic acid groups (broad SMARTS) is 1. The SMILES string of the molecule is CC/C=C\C/C=C\C/C=C\C/C=C\C/C=C\C/C=C\CCCCC(=O)OC(CC)CCCCCCCCCCCCCCCCCCC(=O)O. The van der Waals surface area contributed by atoms with Crippen molar-refractivity contribution in [1.82, 2.24) is 0 Å². The third-order valence-corrected chi connectivity index (χ3v) is 9.02. The first-order valence-electron chi connectivity index (χ1n) is 20.9. The summed E-state index contributed by atoms with van der Waals surface area (Å²) in [6, 6.07) is 0. The molecule has 0 aromatic heterocycles. The Bertz CT molecular complexity index is 922. The maximum atomic E-state index is 12.3. The van der Waals surface area contributed by atoms with E-state index in [9.17, 15) is 9.59 Å². The van der Waals surface area contributed by atoms with Crippen LogP contribution in [-0.4, -0.2) is 23.1 Å². The van der Waals surface area contributed by atoms with Gasteiger partial charge in [-0.1, -0.05) is 177 Å². The van der Waals surface area contributed by atoms with Gasteiger partial charge >= 0.3 is 11.9 Å². The highest BCUT2D eigenvalue weighted by Crippen LogP contribution is 2.16. The number of carboxylic acids is 1. The Labute approximate surface area is 309 Å². The molecule has 0 aliphatic rings. The van der Waals surface area contributed by atoms with Crippen molar-refractivity contribution in [2.75, 3.05) is 0 Å². The fourth-order valence-electron chi connectivity index (χ4n) is 5.89. The van der Waals surface area contributed by atoms with Gasteiger partial charge in [-0.2, -0.15) is 0 Å². The average Bonchev–Trinajstić information content (AvgIpc) is 3.11. The summed E-state index contributed by atoms with van der Waals surface area (Å²) in [5, 5.41) is 8.66. The molecule has 0 radical (unpaired) electrons. The lowest BCUT2D eigenvalue weighted by Gasteiger charge is -2.16. The van der Waals surface area contributed by atoms with E-state index in [-0.39, 0.29) is 12.1 Å². The van der Waals surface area contributed by atoms with Crippen molar-refractivity contribution in [3.8, 4) is 0 Å². The minimum Gasteiger partial charge on any atom is -0.481 e. The van der Waals surface area contributed by atoms with Crippen molar-refractivity contribution in [2.45, 2.75) is 206 Å². The molecular weight excluding hydrogens is 617 g/mol. The fourth-order valence-corrected chi connectivity index (χ4v) is 5.89. The summed E-state index contributed by atoms with van der Waals surface area (Å²) < 4.78 is 5.78. The maximum Gasteiger partial charge on any atom is 0.306 e. The Morgan fingerprint density at radius 3 is 1.22 bits per heavy atom. The van der Waals surface area contributed by atoms with Crippen LogP contribution in [0.5, 0.6) is 0 Å². The molecule has 1 atom stereocenters. The van der Waals surface area contributed by atoms with E-state index in [1.54, 1.807) is 0 Å². The number of carbonyl (C=O) groups is 2. The van der Waals surface area contributed by atoms with Gasteiger partial charge in [-0.05, 0) is 83.5 Å². The third-order valence-electron chi connectivity index (χ3n) is 9.02. The molecule has 0 aliphatic carbocycles. The molecule has 0 spiro atoms. The van der Waals surface area contributed by atoms with E-state index in [4.69, 9.17) is 9.84 Å². The van der Waals surface area contributed by atoms with E-state index in [0.717, 1.165) is 89.9 Å². The number of esters is 1. The van der Waals surface area contributed by atoms with Crippen LogP contribution in [0.15, 0.2) is 72.9 Å². The average molecular weight is 695 g/mol. The van der Waals surface area contributed by atoms with Crippen LogP contribution < -0.4 is 0 Å². The molecule has 0 fully saturated rings. The Morgan fingerprint density at radius 2 is 0.820 bits per heavy atom. The molecule has 1 N–H and O–H groups in total. The Kier molecular flexibility index (Phi) is 38.7. The Morgan fingerprint density at radius 1 is 0.460 bits per heavy atom. The van der Waals surface area contributed by atoms with Gasteiger partial charge in [0.1, 0.15) is 6.10 Å². The summed E-state index contributed by atoms with van der Waals surface area (Å²) in [6.07, 6.45) is 58.8. The Hall–Kier alpha value is -2.62. The summed E-state index contributed by atoms with van der Waals surface area (Å²) in [7, 11) is 0. The number of hydrogen-bond donors (Lipinski definition) is 1. The lowest BCUT2D eigenvalue weighted by atomic mass is 10.0. The number of rotatable bonds is 37. The van der Waals surface area contributed by atoms with Crippen molar-refractivity contribution < 1.29 is 19.4 Å². The van der Waals surface area contributed by atoms with E-state index in [2.05, 4.69) is 86.8 Å². The minimum absolute atomic E-state index is 0.0207. The molecule has 0 aromatic rings. The van der Waals surface area contributed by atoms with Crippen molar-refractivity contribution in [2.24, 2.45) is 0 Å². The zero-order chi connectivity index (χ0) is 36.4. The zero-order valence-electron chi connectivity index (χ0n) is 32.7. The standard InChI is InChI=1S/C46H78O4/c1-3-5-6-7-8-9-10-11-12-13-14-15-16-17-22-25-28-31-34-37-40-43-46(49)50-44(4-2)41-38-35-32-29-26-23-20-18-19-21-24-27-30-33-36-39-42-45(47)48/h5-6,8-9,11-12,14-15,17,22,28,31,44H,3-4,7,10,13,16,18-21,23-27,29-30,32-43H2,1-2H3,(H,47,48)/b6-5-,9-8-,12-11-,15-14-,22-17-,31-28-. The second kappa shape index (κ2) is 40.8. The molecule has 1 unspecified atom stereocenters. The monoisotopic (exact) mass is 695 g/mol. The highest BCUT2D eigenvalue weighted by Gasteiger charge is 2.12. The second-order valence-corrected chi connectivity index (χ2v) is 13.8. The lowest BCUT2D eigenvalue weighted by Crippen LogP contribution is -2.17. The molecule has 0 rings (SSSR count). The summed E-state index contributed by atoms with van der Waals surface area (Å²) >= 11 is 0. The maximum absolute atomic E-state index is 12.3. The number of ether oxygens (including phenoxy) is 1. The number of unbranched alkanes of at least 4 members (excludes halogenated alkanes) is 17. The van der Waals surface area contributed by atoms with Gasteiger partial charge in [0.2, 0.25) is 0 Å². The first-order chi connectivity index (χ1) is 24.6. The van der Waals surface area contributed by atoms with E-state index in [0.29, 0.717) is 12.8 Å². The molecule has 0 aliphatic heterocycles. The lowest BCUT2D eigenvalue weighted by molar-refractivity contribution is -0.149. The van der Waals surface area contributed by atoms with Gasteiger partial charge in [-0.3, -0.25) is 9.59 Å². The first-order valence-corrected chi connectivity index (χ1v) is 20.9. The number of carbonyl (C=O) groups excluding carboxylic acids is 1. The molecule has 0 bridgehead atoms. The van der Waals surface area contributed by atoms with E-state index >= 15 is 0 Å². The van der Waals surface area contributed by atoms with Gasteiger partial charge in [0, 0.05) is 12.8 Å². The quantitative estimate of drug-likeness (QED) is 0.0399. The molecule has 0 aromatic carbocycles. The molecule has 0 saturated carbocycles. The molecular formula is C46H78O4. The number of hydrogen-bond acceptors (Lipinski definition) is 3. The highest BCUT2D eigenvalue weighted by atomic mass is 16.5. The molecule has 4 nitrogen and oxygen atoms in total. The van der Waals surface area contributed by atoms with E-state index in [1.165, 1.54) is 83.5 Å². The van der Waals surface area contributed by atoms with Crippen LogP contribution in [-0.2, 0) is 14.3 Å². The number of allylic oxidation sites excluding steroid dienone is 12. The first kappa shape index (κ1) is 47.4. The summed E-state index contributed by atoms with van der Waals surface area (Å²) in [5.74, 6) is -0.687. The van der Waals surface area contributed by atoms with Gasteiger partial charge in [-0.25, -0.2) is 0 Å². The van der Waals surface area contributed by atoms with E-state index in [1.807, 2.05) is 0 Å². The van der Waals surface area contributed by atoms with Crippen LogP contribution >= 0.6 is 0 Å². The fraction of sp³-hybridized carbons (Fsp3) is 0.696. The van der Waals surface area contributed by atoms with Gasteiger partial charge in [-0.15, -0.1) is 0 Å². The Balaban J connectivity index is 3.56. The van der Waals surface area contributed by atoms with Crippen molar-refractivity contribution >= 4 is 11.9 Å². The predicted octanol–water partition coefficient (Wildman–Crippen LogP) is 14.7. The summed E-state index contributed by atoms with van der Waals surface area (Å²) in [6.45, 7) is 4.29. The topological polar surface area (TPSA) is 63.6 Å². The molecule has 4 heteroatoms. The summed E-state index contributed by atoms with van der Waals surface area (Å²) in [5.41, 5.74) is 0. The third kappa shape index (κ3) is 39.8.